The molecule has 3 N–H and O–H groups in total. The molecule has 0 aliphatic rings. The number of aromatic nitrogens is 1. The van der Waals surface area contributed by atoms with Crippen LogP contribution in [0.1, 0.15) is 52.7 Å². The van der Waals surface area contributed by atoms with Gasteiger partial charge in [-0.3, -0.25) is 10.1 Å². The predicted octanol–water partition coefficient (Wildman–Crippen LogP) is 7.42. The Hall–Kier alpha value is -5.36. The van der Waals surface area contributed by atoms with Gasteiger partial charge in [-0.2, -0.15) is 0 Å². The molecule has 12 heteroatoms. The standard InChI is InChI=1S/C36H40N4O7S/c1-35(2,3)46-33(42)37-23-25-11-14-27(15-12-25)28-16-18-29(19-17-28)48(44,45)40-22-21-26(24-40)13-20-32(41)38-30-9-7-8-10-31(30)39-34(43)47-36(4,5)6/h7-22,24H,23H2,1-6H3,(H,37,42)(H,38,41)(H,39,43). The first-order valence-electron chi connectivity index (χ1n) is 15.2. The molecule has 252 valence electrons. The van der Waals surface area contributed by atoms with Gasteiger partial charge in [-0.15, -0.1) is 0 Å². The second-order valence-corrected chi connectivity index (χ2v) is 14.7. The van der Waals surface area contributed by atoms with Gasteiger partial charge in [-0.1, -0.05) is 48.5 Å². The van der Waals surface area contributed by atoms with Crippen LogP contribution in [0.25, 0.3) is 17.2 Å². The van der Waals surface area contributed by atoms with Crippen LogP contribution in [0.2, 0.25) is 0 Å². The lowest BCUT2D eigenvalue weighted by atomic mass is 10.0. The van der Waals surface area contributed by atoms with E-state index in [0.717, 1.165) is 20.7 Å². The predicted molar refractivity (Wildman–Crippen MR) is 186 cm³/mol. The molecule has 0 aliphatic carbocycles. The zero-order chi connectivity index (χ0) is 35.1. The van der Waals surface area contributed by atoms with E-state index in [1.807, 2.05) is 24.3 Å². The molecule has 0 saturated carbocycles. The molecule has 1 heterocycles. The van der Waals surface area contributed by atoms with E-state index in [1.54, 1.807) is 84.0 Å². The normalized spacial score (nSPS) is 12.0. The van der Waals surface area contributed by atoms with Crippen LogP contribution in [0.15, 0.2) is 102 Å². The summed E-state index contributed by atoms with van der Waals surface area (Å²) in [5.74, 6) is -0.480. The summed E-state index contributed by atoms with van der Waals surface area (Å²) in [6.45, 7) is 11.0. The number of amides is 3. The van der Waals surface area contributed by atoms with Crippen LogP contribution in [0.3, 0.4) is 0 Å². The number of alkyl carbamates (subject to hydrolysis) is 1. The second kappa shape index (κ2) is 14.6. The van der Waals surface area contributed by atoms with Crippen molar-refractivity contribution < 1.29 is 32.3 Å². The quantitative estimate of drug-likeness (QED) is 0.157. The third-order valence-corrected chi connectivity index (χ3v) is 8.14. The summed E-state index contributed by atoms with van der Waals surface area (Å²) in [5.41, 5.74) is 2.56. The maximum atomic E-state index is 13.3. The van der Waals surface area contributed by atoms with Crippen molar-refractivity contribution in [3.05, 3.63) is 108 Å². The van der Waals surface area contributed by atoms with Crippen LogP contribution in [0.5, 0.6) is 0 Å². The Morgan fingerprint density at radius 3 is 1.85 bits per heavy atom. The highest BCUT2D eigenvalue weighted by atomic mass is 32.2. The van der Waals surface area contributed by atoms with Crippen molar-refractivity contribution in [2.24, 2.45) is 0 Å². The van der Waals surface area contributed by atoms with Gasteiger partial charge >= 0.3 is 12.2 Å². The van der Waals surface area contributed by atoms with Gasteiger partial charge in [0.15, 0.2) is 0 Å². The number of carbonyl (C=O) groups excluding carboxylic acids is 3. The Balaban J connectivity index is 1.36. The lowest BCUT2D eigenvalue weighted by Crippen LogP contribution is -2.32. The number of hydrogen-bond donors (Lipinski definition) is 3. The first kappa shape index (κ1) is 35.5. The molecule has 0 aliphatic heterocycles. The van der Waals surface area contributed by atoms with E-state index < -0.39 is 39.3 Å². The van der Waals surface area contributed by atoms with Crippen molar-refractivity contribution in [3.63, 3.8) is 0 Å². The number of nitrogens with zero attached hydrogens (tertiary/aromatic N) is 1. The van der Waals surface area contributed by atoms with Gasteiger partial charge in [-0.25, -0.2) is 22.0 Å². The maximum absolute atomic E-state index is 13.3. The average Bonchev–Trinajstić information content (AvgIpc) is 3.49. The summed E-state index contributed by atoms with van der Waals surface area (Å²) >= 11 is 0. The molecule has 0 spiro atoms. The van der Waals surface area contributed by atoms with E-state index in [4.69, 9.17) is 9.47 Å². The summed E-state index contributed by atoms with van der Waals surface area (Å²) in [6, 6.07) is 22.3. The van der Waals surface area contributed by atoms with Crippen molar-refractivity contribution in [1.82, 2.24) is 9.29 Å². The Morgan fingerprint density at radius 1 is 0.729 bits per heavy atom. The van der Waals surface area contributed by atoms with Crippen LogP contribution in [-0.2, 0) is 30.8 Å². The maximum Gasteiger partial charge on any atom is 0.412 e. The largest absolute Gasteiger partial charge is 0.444 e. The summed E-state index contributed by atoms with van der Waals surface area (Å²) in [6.07, 6.45) is 4.43. The highest BCUT2D eigenvalue weighted by Crippen LogP contribution is 2.25. The molecule has 0 bridgehead atoms. The minimum absolute atomic E-state index is 0.0994. The van der Waals surface area contributed by atoms with E-state index in [-0.39, 0.29) is 4.90 Å². The lowest BCUT2D eigenvalue weighted by Gasteiger charge is -2.20. The molecule has 4 rings (SSSR count). The Bertz CT molecular complexity index is 1900. The molecule has 11 nitrogen and oxygen atoms in total. The van der Waals surface area contributed by atoms with Gasteiger partial charge in [0, 0.05) is 25.0 Å². The minimum atomic E-state index is -3.89. The summed E-state index contributed by atoms with van der Waals surface area (Å²) in [7, 11) is -3.89. The number of para-hydroxylation sites is 2. The zero-order valence-corrected chi connectivity index (χ0v) is 28.6. The summed E-state index contributed by atoms with van der Waals surface area (Å²) in [4.78, 5) is 36.9. The van der Waals surface area contributed by atoms with Crippen LogP contribution in [-0.4, -0.2) is 41.7 Å². The average molecular weight is 673 g/mol. The van der Waals surface area contributed by atoms with Crippen molar-refractivity contribution in [2.75, 3.05) is 10.6 Å². The molecule has 48 heavy (non-hydrogen) atoms. The molecule has 1 aromatic heterocycles. The first-order valence-corrected chi connectivity index (χ1v) is 16.6. The lowest BCUT2D eigenvalue weighted by molar-refractivity contribution is -0.111. The van der Waals surface area contributed by atoms with Crippen LogP contribution >= 0.6 is 0 Å². The van der Waals surface area contributed by atoms with Crippen molar-refractivity contribution in [3.8, 4) is 11.1 Å². The Labute approximate surface area is 281 Å². The fraction of sp³-hybridized carbons (Fsp3) is 0.250. The Kier molecular flexibility index (Phi) is 10.8. The topological polar surface area (TPSA) is 145 Å². The van der Waals surface area contributed by atoms with E-state index in [1.165, 1.54) is 36.7 Å². The number of nitrogens with one attached hydrogen (secondary N) is 3. The molecule has 0 unspecified atom stereocenters. The molecule has 0 saturated heterocycles. The Morgan fingerprint density at radius 2 is 1.27 bits per heavy atom. The zero-order valence-electron chi connectivity index (χ0n) is 27.7. The molecular weight excluding hydrogens is 632 g/mol. The summed E-state index contributed by atoms with van der Waals surface area (Å²) in [5, 5.41) is 8.05. The number of rotatable bonds is 9. The molecule has 3 aromatic carbocycles. The smallest absolute Gasteiger partial charge is 0.412 e. The third kappa shape index (κ3) is 10.3. The molecule has 0 atom stereocenters. The van der Waals surface area contributed by atoms with Crippen LogP contribution in [0, 0.1) is 0 Å². The first-order chi connectivity index (χ1) is 22.5. The number of benzene rings is 3. The van der Waals surface area contributed by atoms with E-state index >= 15 is 0 Å². The molecular formula is C36H40N4O7S. The fourth-order valence-electron chi connectivity index (χ4n) is 4.35. The fourth-order valence-corrected chi connectivity index (χ4v) is 5.55. The number of carbonyl (C=O) groups is 3. The van der Waals surface area contributed by atoms with Gasteiger partial charge < -0.3 is 20.1 Å². The van der Waals surface area contributed by atoms with Gasteiger partial charge in [-0.05, 0) is 100 Å². The molecule has 0 radical (unpaired) electrons. The highest BCUT2D eigenvalue weighted by Gasteiger charge is 2.19. The van der Waals surface area contributed by atoms with Crippen molar-refractivity contribution in [2.45, 2.75) is 64.2 Å². The molecule has 4 aromatic rings. The summed E-state index contributed by atoms with van der Waals surface area (Å²) < 4.78 is 38.3. The van der Waals surface area contributed by atoms with E-state index in [0.29, 0.717) is 23.5 Å². The number of hydrogen-bond acceptors (Lipinski definition) is 7. The van der Waals surface area contributed by atoms with Crippen molar-refractivity contribution in [1.29, 1.82) is 0 Å². The van der Waals surface area contributed by atoms with E-state index in [2.05, 4.69) is 16.0 Å². The number of ether oxygens (including phenoxy) is 2. The third-order valence-electron chi connectivity index (χ3n) is 6.49. The van der Waals surface area contributed by atoms with E-state index in [9.17, 15) is 22.8 Å². The minimum Gasteiger partial charge on any atom is -0.444 e. The van der Waals surface area contributed by atoms with Crippen molar-refractivity contribution >= 4 is 45.6 Å². The highest BCUT2D eigenvalue weighted by molar-refractivity contribution is 7.90. The van der Waals surface area contributed by atoms with Gasteiger partial charge in [0.25, 0.3) is 10.0 Å². The van der Waals surface area contributed by atoms with Gasteiger partial charge in [0.05, 0.1) is 16.3 Å². The number of anilines is 2. The van der Waals surface area contributed by atoms with Crippen LogP contribution < -0.4 is 16.0 Å². The molecule has 0 fully saturated rings. The monoisotopic (exact) mass is 672 g/mol. The van der Waals surface area contributed by atoms with Crippen LogP contribution in [0.4, 0.5) is 21.0 Å². The van der Waals surface area contributed by atoms with Gasteiger partial charge in [0.1, 0.15) is 11.2 Å². The SMILES string of the molecule is CC(C)(C)OC(=O)NCc1ccc(-c2ccc(S(=O)(=O)n3ccc(C=CC(=O)Nc4ccccc4NC(=O)OC(C)(C)C)c3)cc2)cc1. The molecule has 3 amide bonds. The second-order valence-electron chi connectivity index (χ2n) is 12.9. The van der Waals surface area contributed by atoms with Gasteiger partial charge in [0.2, 0.25) is 5.91 Å².